The van der Waals surface area contributed by atoms with Crippen molar-refractivity contribution in [2.24, 2.45) is 5.92 Å². The van der Waals surface area contributed by atoms with E-state index in [4.69, 9.17) is 15.3 Å². The van der Waals surface area contributed by atoms with Crippen LogP contribution in [0, 0.1) is 5.92 Å². The Labute approximate surface area is 106 Å². The molecule has 1 aromatic heterocycles. The lowest BCUT2D eigenvalue weighted by molar-refractivity contribution is 0.0950. The molecule has 0 aliphatic carbocycles. The van der Waals surface area contributed by atoms with Crippen molar-refractivity contribution in [3.8, 4) is 0 Å². The summed E-state index contributed by atoms with van der Waals surface area (Å²) in [5, 5.41) is 4.32. The van der Waals surface area contributed by atoms with E-state index in [2.05, 4.69) is 34.1 Å². The van der Waals surface area contributed by atoms with Gasteiger partial charge in [0.1, 0.15) is 6.73 Å². The molecule has 0 saturated carbocycles. The summed E-state index contributed by atoms with van der Waals surface area (Å²) in [6.45, 7) is 4.98. The molecule has 0 unspecified atom stereocenters. The van der Waals surface area contributed by atoms with E-state index in [0.29, 0.717) is 31.2 Å². The third kappa shape index (κ3) is 4.68. The molecule has 1 aromatic rings. The van der Waals surface area contributed by atoms with Crippen LogP contribution in [0.5, 0.6) is 0 Å². The van der Waals surface area contributed by atoms with Crippen molar-refractivity contribution in [3.05, 3.63) is 0 Å². The second-order valence-corrected chi connectivity index (χ2v) is 4.11. The molecular formula is C10H20N6O2. The minimum Gasteiger partial charge on any atom is -0.368 e. The Bertz CT molecular complexity index is 373. The predicted octanol–water partition coefficient (Wildman–Crippen LogP) is 0.493. The van der Waals surface area contributed by atoms with Crippen LogP contribution in [0.1, 0.15) is 13.8 Å². The van der Waals surface area contributed by atoms with Gasteiger partial charge >= 0.3 is 0 Å². The largest absolute Gasteiger partial charge is 0.368 e. The molecule has 1 heterocycles. The number of hydrogen-bond donors (Lipinski definition) is 2. The highest BCUT2D eigenvalue weighted by atomic mass is 16.7. The Hall–Kier alpha value is -1.67. The Morgan fingerprint density at radius 3 is 2.67 bits per heavy atom. The number of rotatable bonds is 7. The first kappa shape index (κ1) is 14.4. The van der Waals surface area contributed by atoms with Crippen LogP contribution in [-0.2, 0) is 9.57 Å². The van der Waals surface area contributed by atoms with Crippen LogP contribution in [0.2, 0.25) is 0 Å². The number of nitrogens with zero attached hydrogens (tertiary/aromatic N) is 4. The van der Waals surface area contributed by atoms with Gasteiger partial charge in [-0.1, -0.05) is 13.8 Å². The molecule has 8 heteroatoms. The van der Waals surface area contributed by atoms with Gasteiger partial charge in [0, 0.05) is 14.2 Å². The van der Waals surface area contributed by atoms with Crippen LogP contribution in [0.15, 0.2) is 0 Å². The fourth-order valence-corrected chi connectivity index (χ4v) is 1.06. The molecule has 0 atom stereocenters. The van der Waals surface area contributed by atoms with Gasteiger partial charge < -0.3 is 15.8 Å². The molecule has 0 aromatic carbocycles. The molecule has 8 nitrogen and oxygen atoms in total. The van der Waals surface area contributed by atoms with E-state index >= 15 is 0 Å². The zero-order valence-electron chi connectivity index (χ0n) is 11.2. The maximum absolute atomic E-state index is 5.60. The second kappa shape index (κ2) is 6.92. The molecule has 0 amide bonds. The number of aromatic nitrogens is 3. The van der Waals surface area contributed by atoms with Crippen LogP contribution in [0.3, 0.4) is 0 Å². The SMILES string of the molecule is COCNc1nc(N)nc(N(C)OCC(C)C)n1. The first-order chi connectivity index (χ1) is 8.52. The highest BCUT2D eigenvalue weighted by Gasteiger charge is 2.10. The van der Waals surface area contributed by atoms with Crippen LogP contribution >= 0.6 is 0 Å². The Balaban J connectivity index is 2.71. The van der Waals surface area contributed by atoms with Crippen LogP contribution in [0.25, 0.3) is 0 Å². The van der Waals surface area contributed by atoms with E-state index in [1.165, 1.54) is 5.06 Å². The highest BCUT2D eigenvalue weighted by molar-refractivity contribution is 5.39. The van der Waals surface area contributed by atoms with E-state index in [9.17, 15) is 0 Å². The van der Waals surface area contributed by atoms with Gasteiger partial charge in [-0.05, 0) is 5.92 Å². The first-order valence-corrected chi connectivity index (χ1v) is 5.64. The molecule has 3 N–H and O–H groups in total. The summed E-state index contributed by atoms with van der Waals surface area (Å²) in [4.78, 5) is 17.6. The molecule has 0 radical (unpaired) electrons. The number of hydrogen-bond acceptors (Lipinski definition) is 8. The van der Waals surface area contributed by atoms with E-state index in [1.807, 2.05) is 0 Å². The second-order valence-electron chi connectivity index (χ2n) is 4.11. The topological polar surface area (TPSA) is 98.4 Å². The minimum atomic E-state index is 0.124. The van der Waals surface area contributed by atoms with Gasteiger partial charge in [0.05, 0.1) is 6.61 Å². The van der Waals surface area contributed by atoms with Crippen molar-refractivity contribution in [1.29, 1.82) is 0 Å². The molecule has 0 fully saturated rings. The summed E-state index contributed by atoms with van der Waals surface area (Å²) in [5.74, 6) is 1.23. The number of nitrogens with two attached hydrogens (primary N) is 1. The Kier molecular flexibility index (Phi) is 5.53. The van der Waals surface area contributed by atoms with Crippen molar-refractivity contribution >= 4 is 17.8 Å². The predicted molar refractivity (Wildman–Crippen MR) is 68.9 cm³/mol. The van der Waals surface area contributed by atoms with Crippen molar-refractivity contribution in [2.75, 3.05) is 43.6 Å². The van der Waals surface area contributed by atoms with E-state index < -0.39 is 0 Å². The minimum absolute atomic E-state index is 0.124. The molecule has 18 heavy (non-hydrogen) atoms. The summed E-state index contributed by atoms with van der Waals surface area (Å²) in [6, 6.07) is 0. The van der Waals surface area contributed by atoms with Gasteiger partial charge in [-0.25, -0.2) is 5.06 Å². The molecule has 0 spiro atoms. The van der Waals surface area contributed by atoms with Crippen molar-refractivity contribution < 1.29 is 9.57 Å². The number of methoxy groups -OCH3 is 1. The molecule has 0 aliphatic heterocycles. The van der Waals surface area contributed by atoms with Crippen molar-refractivity contribution in [1.82, 2.24) is 15.0 Å². The fraction of sp³-hybridized carbons (Fsp3) is 0.700. The fourth-order valence-electron chi connectivity index (χ4n) is 1.06. The average molecular weight is 256 g/mol. The number of nitrogen functional groups attached to an aromatic ring is 1. The lowest BCUT2D eigenvalue weighted by atomic mass is 10.2. The molecular weight excluding hydrogens is 236 g/mol. The monoisotopic (exact) mass is 256 g/mol. The van der Waals surface area contributed by atoms with Crippen LogP contribution in [-0.4, -0.2) is 42.4 Å². The van der Waals surface area contributed by atoms with Gasteiger partial charge in [-0.15, -0.1) is 0 Å². The summed E-state index contributed by atoms with van der Waals surface area (Å²) in [5.41, 5.74) is 5.60. The molecule has 102 valence electrons. The normalized spacial score (nSPS) is 10.7. The lowest BCUT2D eigenvalue weighted by Crippen LogP contribution is -2.24. The van der Waals surface area contributed by atoms with Crippen molar-refractivity contribution in [2.45, 2.75) is 13.8 Å². The summed E-state index contributed by atoms with van der Waals surface area (Å²) in [7, 11) is 3.29. The van der Waals surface area contributed by atoms with Crippen molar-refractivity contribution in [3.63, 3.8) is 0 Å². The van der Waals surface area contributed by atoms with E-state index in [1.54, 1.807) is 14.2 Å². The highest BCUT2D eigenvalue weighted by Crippen LogP contribution is 2.11. The third-order valence-corrected chi connectivity index (χ3v) is 1.90. The number of nitrogens with one attached hydrogen (secondary N) is 1. The molecule has 0 bridgehead atoms. The van der Waals surface area contributed by atoms with E-state index in [-0.39, 0.29) is 5.95 Å². The van der Waals surface area contributed by atoms with Gasteiger partial charge in [0.25, 0.3) is 5.95 Å². The standard InChI is InChI=1S/C10H20N6O2/c1-7(2)5-18-16(3)10-14-8(11)13-9(15-10)12-6-17-4/h7H,5-6H2,1-4H3,(H3,11,12,13,14,15). The lowest BCUT2D eigenvalue weighted by Gasteiger charge is -2.18. The van der Waals surface area contributed by atoms with Gasteiger partial charge in [0.15, 0.2) is 0 Å². The van der Waals surface area contributed by atoms with Gasteiger partial charge in [0.2, 0.25) is 11.9 Å². The molecule has 0 aliphatic rings. The summed E-state index contributed by atoms with van der Waals surface area (Å²) in [6.07, 6.45) is 0. The summed E-state index contributed by atoms with van der Waals surface area (Å²) < 4.78 is 4.87. The Morgan fingerprint density at radius 1 is 1.33 bits per heavy atom. The molecule has 0 saturated heterocycles. The quantitative estimate of drug-likeness (QED) is 0.537. The molecule has 1 rings (SSSR count). The van der Waals surface area contributed by atoms with Gasteiger partial charge in [-0.3, -0.25) is 4.84 Å². The van der Waals surface area contributed by atoms with Gasteiger partial charge in [-0.2, -0.15) is 15.0 Å². The average Bonchev–Trinajstić information content (AvgIpc) is 2.32. The third-order valence-electron chi connectivity index (χ3n) is 1.90. The number of ether oxygens (including phenoxy) is 1. The number of anilines is 3. The smallest absolute Gasteiger partial charge is 0.256 e. The van der Waals surface area contributed by atoms with E-state index in [0.717, 1.165) is 0 Å². The zero-order chi connectivity index (χ0) is 13.5. The Morgan fingerprint density at radius 2 is 2.06 bits per heavy atom. The maximum Gasteiger partial charge on any atom is 0.256 e. The maximum atomic E-state index is 5.60. The zero-order valence-corrected chi connectivity index (χ0v) is 11.2. The number of hydroxylamine groups is 1. The first-order valence-electron chi connectivity index (χ1n) is 5.64. The summed E-state index contributed by atoms with van der Waals surface area (Å²) >= 11 is 0. The van der Waals surface area contributed by atoms with Crippen LogP contribution < -0.4 is 16.1 Å². The van der Waals surface area contributed by atoms with Crippen LogP contribution in [0.4, 0.5) is 17.8 Å².